The molecule has 0 fully saturated rings. The summed E-state index contributed by atoms with van der Waals surface area (Å²) in [6.45, 7) is 5.56. The van der Waals surface area contributed by atoms with Crippen molar-refractivity contribution in [1.82, 2.24) is 0 Å². The van der Waals surface area contributed by atoms with E-state index in [1.165, 1.54) is 13.0 Å². The highest BCUT2D eigenvalue weighted by molar-refractivity contribution is 9.10. The highest BCUT2D eigenvalue weighted by Crippen LogP contribution is 2.26. The van der Waals surface area contributed by atoms with Crippen molar-refractivity contribution in [2.45, 2.75) is 6.92 Å². The van der Waals surface area contributed by atoms with Crippen LogP contribution < -0.4 is 4.90 Å². The van der Waals surface area contributed by atoms with Gasteiger partial charge in [0.15, 0.2) is 0 Å². The fraction of sp³-hybridized carbons (Fsp3) is 0.194. The number of halogens is 2. The van der Waals surface area contributed by atoms with Crippen molar-refractivity contribution in [3.63, 3.8) is 0 Å². The van der Waals surface area contributed by atoms with Gasteiger partial charge in [-0.3, -0.25) is 0 Å². The third-order valence-electron chi connectivity index (χ3n) is 5.59. The molecule has 0 amide bonds. The molecule has 0 heterocycles. The SMILES string of the molecule is C=C(C)C(=O)OCCOC(=O)c1cc(N=Nc2ccc(N(C)CCOC(=O)/C=C/c3ccc(Cl)cc3)cc2)ccc1Br. The van der Waals surface area contributed by atoms with Crippen LogP contribution in [-0.2, 0) is 23.8 Å². The fourth-order valence-corrected chi connectivity index (χ4v) is 3.82. The van der Waals surface area contributed by atoms with E-state index in [1.807, 2.05) is 36.2 Å². The van der Waals surface area contributed by atoms with E-state index in [2.05, 4.69) is 32.7 Å². The van der Waals surface area contributed by atoms with Crippen LogP contribution >= 0.6 is 27.5 Å². The molecule has 0 saturated carbocycles. The lowest BCUT2D eigenvalue weighted by Crippen LogP contribution is -2.23. The van der Waals surface area contributed by atoms with Gasteiger partial charge in [0.2, 0.25) is 0 Å². The summed E-state index contributed by atoms with van der Waals surface area (Å²) in [4.78, 5) is 37.8. The smallest absolute Gasteiger partial charge is 0.339 e. The average molecular weight is 655 g/mol. The number of likely N-dealkylation sites (N-methyl/N-ethyl adjacent to an activating group) is 1. The maximum atomic E-state index is 12.5. The second kappa shape index (κ2) is 16.2. The Morgan fingerprint density at radius 1 is 0.905 bits per heavy atom. The molecule has 0 aliphatic heterocycles. The van der Waals surface area contributed by atoms with Crippen LogP contribution in [0.2, 0.25) is 5.02 Å². The average Bonchev–Trinajstić information content (AvgIpc) is 2.98. The largest absolute Gasteiger partial charge is 0.461 e. The number of anilines is 1. The summed E-state index contributed by atoms with van der Waals surface area (Å²) in [7, 11) is 1.89. The van der Waals surface area contributed by atoms with E-state index in [0.29, 0.717) is 27.4 Å². The standard InChI is InChI=1S/C31H29BrClN3O6/c1-21(2)30(38)41-18-19-42-31(39)27-20-25(11-14-28(27)32)35-34-24-9-12-26(13-10-24)36(3)16-17-40-29(37)15-6-22-4-7-23(33)8-5-22/h4-15,20H,1,16-19H2,2-3H3/b15-6+,35-34?. The van der Waals surface area contributed by atoms with Crippen molar-refractivity contribution in [3.8, 4) is 0 Å². The number of nitrogens with zero attached hydrogens (tertiary/aromatic N) is 3. The van der Waals surface area contributed by atoms with Gasteiger partial charge in [-0.05, 0) is 89.1 Å². The molecule has 0 aromatic heterocycles. The number of esters is 3. The molecular weight excluding hydrogens is 626 g/mol. The van der Waals surface area contributed by atoms with Gasteiger partial charge >= 0.3 is 17.9 Å². The number of carbonyl (C=O) groups excluding carboxylic acids is 3. The zero-order chi connectivity index (χ0) is 30.5. The first-order chi connectivity index (χ1) is 20.1. The first-order valence-electron chi connectivity index (χ1n) is 12.7. The van der Waals surface area contributed by atoms with E-state index in [9.17, 15) is 14.4 Å². The van der Waals surface area contributed by atoms with Crippen molar-refractivity contribution in [1.29, 1.82) is 0 Å². The maximum Gasteiger partial charge on any atom is 0.339 e. The zero-order valence-corrected chi connectivity index (χ0v) is 25.4. The summed E-state index contributed by atoms with van der Waals surface area (Å²) in [5.74, 6) is -1.57. The Balaban J connectivity index is 1.47. The molecule has 9 nitrogen and oxygen atoms in total. The minimum Gasteiger partial charge on any atom is -0.461 e. The Hall–Kier alpha value is -4.28. The zero-order valence-electron chi connectivity index (χ0n) is 23.1. The minimum atomic E-state index is -0.596. The summed E-state index contributed by atoms with van der Waals surface area (Å²) >= 11 is 9.20. The van der Waals surface area contributed by atoms with Crippen LogP contribution in [0.15, 0.2) is 99.7 Å². The number of hydrogen-bond acceptors (Lipinski definition) is 9. The molecule has 3 aromatic rings. The molecule has 0 aliphatic carbocycles. The predicted molar refractivity (Wildman–Crippen MR) is 166 cm³/mol. The van der Waals surface area contributed by atoms with Gasteiger partial charge in [0.05, 0.1) is 23.5 Å². The molecule has 0 radical (unpaired) electrons. The summed E-state index contributed by atoms with van der Waals surface area (Å²) in [5.41, 5.74) is 3.34. The van der Waals surface area contributed by atoms with Crippen LogP contribution in [0.5, 0.6) is 0 Å². The van der Waals surface area contributed by atoms with E-state index in [4.69, 9.17) is 25.8 Å². The van der Waals surface area contributed by atoms with E-state index in [-0.39, 0.29) is 31.0 Å². The maximum absolute atomic E-state index is 12.5. The monoisotopic (exact) mass is 653 g/mol. The molecule has 0 N–H and O–H groups in total. The number of rotatable bonds is 13. The van der Waals surface area contributed by atoms with E-state index in [0.717, 1.165) is 11.3 Å². The first-order valence-corrected chi connectivity index (χ1v) is 13.9. The topological polar surface area (TPSA) is 107 Å². The third-order valence-corrected chi connectivity index (χ3v) is 6.54. The van der Waals surface area contributed by atoms with Gasteiger partial charge in [-0.15, -0.1) is 0 Å². The summed E-state index contributed by atoms with van der Waals surface area (Å²) < 4.78 is 15.9. The molecule has 3 rings (SSSR count). The Morgan fingerprint density at radius 3 is 2.24 bits per heavy atom. The molecular formula is C31H29BrClN3O6. The molecule has 3 aromatic carbocycles. The van der Waals surface area contributed by atoms with Crippen LogP contribution in [0.25, 0.3) is 6.08 Å². The number of hydrogen-bond donors (Lipinski definition) is 0. The van der Waals surface area contributed by atoms with Crippen LogP contribution in [0.4, 0.5) is 17.1 Å². The van der Waals surface area contributed by atoms with E-state index in [1.54, 1.807) is 48.5 Å². The molecule has 0 bridgehead atoms. The summed E-state index contributed by atoms with van der Waals surface area (Å²) in [6, 6.07) is 19.4. The molecule has 0 aliphatic rings. The number of azo groups is 1. The molecule has 0 spiro atoms. The van der Waals surface area contributed by atoms with E-state index >= 15 is 0 Å². The van der Waals surface area contributed by atoms with Gasteiger partial charge in [0, 0.05) is 33.9 Å². The molecule has 11 heteroatoms. The Labute approximate surface area is 257 Å². The van der Waals surface area contributed by atoms with Gasteiger partial charge in [-0.25, -0.2) is 14.4 Å². The minimum absolute atomic E-state index is 0.0761. The summed E-state index contributed by atoms with van der Waals surface area (Å²) in [6.07, 6.45) is 3.05. The molecule has 0 atom stereocenters. The number of ether oxygens (including phenoxy) is 3. The quantitative estimate of drug-likeness (QED) is 0.0618. The number of benzene rings is 3. The fourth-order valence-electron chi connectivity index (χ4n) is 3.29. The lowest BCUT2D eigenvalue weighted by atomic mass is 10.2. The Kier molecular flexibility index (Phi) is 12.5. The predicted octanol–water partition coefficient (Wildman–Crippen LogP) is 7.49. The molecule has 218 valence electrons. The Morgan fingerprint density at radius 2 is 1.55 bits per heavy atom. The lowest BCUT2D eigenvalue weighted by Gasteiger charge is -2.18. The summed E-state index contributed by atoms with van der Waals surface area (Å²) in [5, 5.41) is 9.09. The van der Waals surface area contributed by atoms with Crippen molar-refractivity contribution in [3.05, 3.63) is 106 Å². The van der Waals surface area contributed by atoms with Crippen LogP contribution in [-0.4, -0.2) is 51.3 Å². The van der Waals surface area contributed by atoms with Crippen molar-refractivity contribution in [2.24, 2.45) is 10.2 Å². The van der Waals surface area contributed by atoms with Crippen molar-refractivity contribution >= 4 is 68.6 Å². The molecule has 0 saturated heterocycles. The Bertz CT molecular complexity index is 1470. The second-order valence-corrected chi connectivity index (χ2v) is 10.2. The van der Waals surface area contributed by atoms with Crippen molar-refractivity contribution < 1.29 is 28.6 Å². The second-order valence-electron chi connectivity index (χ2n) is 8.91. The molecule has 42 heavy (non-hydrogen) atoms. The molecule has 0 unspecified atom stereocenters. The lowest BCUT2D eigenvalue weighted by molar-refractivity contribution is -0.140. The van der Waals surface area contributed by atoms with E-state index < -0.39 is 17.9 Å². The van der Waals surface area contributed by atoms with Crippen molar-refractivity contribution in [2.75, 3.05) is 38.3 Å². The normalized spacial score (nSPS) is 11.0. The van der Waals surface area contributed by atoms with Crippen LogP contribution in [0.3, 0.4) is 0 Å². The van der Waals surface area contributed by atoms with Gasteiger partial charge < -0.3 is 19.1 Å². The van der Waals surface area contributed by atoms with Gasteiger partial charge in [-0.1, -0.05) is 30.3 Å². The van der Waals surface area contributed by atoms with Gasteiger partial charge in [-0.2, -0.15) is 10.2 Å². The van der Waals surface area contributed by atoms with Crippen LogP contribution in [0, 0.1) is 0 Å². The van der Waals surface area contributed by atoms with Gasteiger partial charge in [0.25, 0.3) is 0 Å². The number of carbonyl (C=O) groups is 3. The third kappa shape index (κ3) is 10.6. The van der Waals surface area contributed by atoms with Gasteiger partial charge in [0.1, 0.15) is 19.8 Å². The van der Waals surface area contributed by atoms with Crippen LogP contribution in [0.1, 0.15) is 22.8 Å². The highest BCUT2D eigenvalue weighted by atomic mass is 79.9. The first kappa shape index (κ1) is 32.2. The highest BCUT2D eigenvalue weighted by Gasteiger charge is 2.13.